The summed E-state index contributed by atoms with van der Waals surface area (Å²) in [6.45, 7) is 5.31. The van der Waals surface area contributed by atoms with Gasteiger partial charge < -0.3 is 19.5 Å². The van der Waals surface area contributed by atoms with Crippen molar-refractivity contribution in [2.45, 2.75) is 38.8 Å². The zero-order valence-corrected chi connectivity index (χ0v) is 19.7. The second-order valence-electron chi connectivity index (χ2n) is 8.05. The van der Waals surface area contributed by atoms with Gasteiger partial charge >= 0.3 is 0 Å². The van der Waals surface area contributed by atoms with Crippen LogP contribution in [-0.4, -0.2) is 47.6 Å². The predicted octanol–water partition coefficient (Wildman–Crippen LogP) is 4.76. The van der Waals surface area contributed by atoms with E-state index in [9.17, 15) is 14.7 Å². The van der Waals surface area contributed by atoms with Gasteiger partial charge in [-0.05, 0) is 62.1 Å². The maximum atomic E-state index is 13.1. The van der Waals surface area contributed by atoms with E-state index in [0.717, 1.165) is 28.4 Å². The molecule has 2 heterocycles. The molecular formula is C25H26BrNO5. The first kappa shape index (κ1) is 22.6. The standard InChI is InChI=1S/C25H26BrNO5/c1-3-31-18-9-6-16(7-10-18)22-21(23(28)17-8-11-20(26)15(2)13-17)24(29)25(30)27(22)14-19-5-4-12-32-19/h6-11,13,19,22,28H,3-5,12,14H2,1-2H3/b23-21-. The van der Waals surface area contributed by atoms with Crippen molar-refractivity contribution in [1.82, 2.24) is 4.90 Å². The summed E-state index contributed by atoms with van der Waals surface area (Å²) in [4.78, 5) is 27.7. The number of nitrogens with zero attached hydrogens (tertiary/aromatic N) is 1. The third-order valence-electron chi connectivity index (χ3n) is 5.90. The fourth-order valence-corrected chi connectivity index (χ4v) is 4.53. The Kier molecular flexibility index (Phi) is 6.67. The molecule has 2 aliphatic rings. The molecule has 1 N–H and O–H groups in total. The van der Waals surface area contributed by atoms with E-state index in [-0.39, 0.29) is 17.4 Å². The van der Waals surface area contributed by atoms with Gasteiger partial charge in [0.2, 0.25) is 0 Å². The third kappa shape index (κ3) is 4.32. The molecule has 2 aromatic rings. The molecule has 168 valence electrons. The smallest absolute Gasteiger partial charge is 0.295 e. The van der Waals surface area contributed by atoms with E-state index >= 15 is 0 Å². The second-order valence-corrected chi connectivity index (χ2v) is 8.91. The van der Waals surface area contributed by atoms with Gasteiger partial charge in [-0.15, -0.1) is 0 Å². The van der Waals surface area contributed by atoms with Crippen LogP contribution >= 0.6 is 15.9 Å². The number of ether oxygens (including phenoxy) is 2. The Morgan fingerprint density at radius 3 is 2.59 bits per heavy atom. The molecule has 0 radical (unpaired) electrons. The van der Waals surface area contributed by atoms with Crippen LogP contribution in [-0.2, 0) is 14.3 Å². The summed E-state index contributed by atoms with van der Waals surface area (Å²) >= 11 is 3.46. The highest BCUT2D eigenvalue weighted by Crippen LogP contribution is 2.40. The van der Waals surface area contributed by atoms with Gasteiger partial charge in [0.05, 0.1) is 24.3 Å². The minimum absolute atomic E-state index is 0.0962. The Bertz CT molecular complexity index is 1060. The Labute approximate surface area is 196 Å². The average Bonchev–Trinajstić information content (AvgIpc) is 3.38. The van der Waals surface area contributed by atoms with Crippen LogP contribution < -0.4 is 4.74 Å². The van der Waals surface area contributed by atoms with Crippen LogP contribution in [0.1, 0.15) is 42.5 Å². The number of aliphatic hydroxyl groups excluding tert-OH is 1. The maximum Gasteiger partial charge on any atom is 0.295 e. The van der Waals surface area contributed by atoms with Crippen molar-refractivity contribution >= 4 is 33.4 Å². The van der Waals surface area contributed by atoms with Gasteiger partial charge in [-0.2, -0.15) is 0 Å². The average molecular weight is 500 g/mol. The molecule has 0 aliphatic carbocycles. The fourth-order valence-electron chi connectivity index (χ4n) is 4.28. The number of Topliss-reactive ketones (excluding diaryl/α,β-unsaturated/α-hetero) is 1. The number of carbonyl (C=O) groups is 2. The van der Waals surface area contributed by atoms with E-state index in [1.54, 1.807) is 12.1 Å². The van der Waals surface area contributed by atoms with Crippen LogP contribution in [0.25, 0.3) is 5.76 Å². The van der Waals surface area contributed by atoms with E-state index in [0.29, 0.717) is 31.1 Å². The van der Waals surface area contributed by atoms with Crippen molar-refractivity contribution in [3.63, 3.8) is 0 Å². The van der Waals surface area contributed by atoms with E-state index in [1.165, 1.54) is 4.90 Å². The van der Waals surface area contributed by atoms with Gasteiger partial charge in [-0.25, -0.2) is 0 Å². The number of aryl methyl sites for hydroxylation is 1. The van der Waals surface area contributed by atoms with Gasteiger partial charge in [-0.3, -0.25) is 9.59 Å². The van der Waals surface area contributed by atoms with E-state index < -0.39 is 17.7 Å². The highest BCUT2D eigenvalue weighted by Gasteiger charge is 2.47. The molecular weight excluding hydrogens is 474 g/mol. The summed E-state index contributed by atoms with van der Waals surface area (Å²) in [5, 5.41) is 11.2. The summed E-state index contributed by atoms with van der Waals surface area (Å²) in [6, 6.07) is 12.0. The zero-order valence-electron chi connectivity index (χ0n) is 18.1. The lowest BCUT2D eigenvalue weighted by atomic mass is 9.94. The van der Waals surface area contributed by atoms with Gasteiger partial charge in [0.25, 0.3) is 11.7 Å². The van der Waals surface area contributed by atoms with Crippen LogP contribution in [0.3, 0.4) is 0 Å². The predicted molar refractivity (Wildman–Crippen MR) is 124 cm³/mol. The fraction of sp³-hybridized carbons (Fsp3) is 0.360. The highest BCUT2D eigenvalue weighted by atomic mass is 79.9. The number of halogens is 1. The Morgan fingerprint density at radius 1 is 1.22 bits per heavy atom. The topological polar surface area (TPSA) is 76.1 Å². The summed E-state index contributed by atoms with van der Waals surface area (Å²) in [7, 11) is 0. The van der Waals surface area contributed by atoms with Crippen LogP contribution in [0.15, 0.2) is 52.5 Å². The number of carbonyl (C=O) groups excluding carboxylic acids is 2. The monoisotopic (exact) mass is 499 g/mol. The lowest BCUT2D eigenvalue weighted by Crippen LogP contribution is -2.36. The van der Waals surface area contributed by atoms with Gasteiger partial charge in [0, 0.05) is 23.2 Å². The number of amides is 1. The molecule has 0 bridgehead atoms. The lowest BCUT2D eigenvalue weighted by Gasteiger charge is -2.27. The summed E-state index contributed by atoms with van der Waals surface area (Å²) < 4.78 is 12.2. The van der Waals surface area contributed by atoms with Crippen molar-refractivity contribution < 1.29 is 24.2 Å². The molecule has 0 spiro atoms. The van der Waals surface area contributed by atoms with Crippen molar-refractivity contribution in [3.05, 3.63) is 69.2 Å². The zero-order chi connectivity index (χ0) is 22.8. The lowest BCUT2D eigenvalue weighted by molar-refractivity contribution is -0.140. The van der Waals surface area contributed by atoms with E-state index in [4.69, 9.17) is 9.47 Å². The Balaban J connectivity index is 1.80. The molecule has 4 rings (SSSR count). The third-order valence-corrected chi connectivity index (χ3v) is 6.79. The minimum Gasteiger partial charge on any atom is -0.507 e. The Hall–Kier alpha value is -2.64. The first-order valence-electron chi connectivity index (χ1n) is 10.8. The molecule has 32 heavy (non-hydrogen) atoms. The molecule has 7 heteroatoms. The van der Waals surface area contributed by atoms with Crippen LogP contribution in [0.4, 0.5) is 0 Å². The van der Waals surface area contributed by atoms with Crippen molar-refractivity contribution in [3.8, 4) is 5.75 Å². The van der Waals surface area contributed by atoms with E-state index in [2.05, 4.69) is 15.9 Å². The molecule has 2 aromatic carbocycles. The molecule has 0 aromatic heterocycles. The molecule has 6 nitrogen and oxygen atoms in total. The molecule has 2 fully saturated rings. The Morgan fingerprint density at radius 2 is 1.97 bits per heavy atom. The van der Waals surface area contributed by atoms with Gasteiger partial charge in [-0.1, -0.05) is 34.1 Å². The van der Waals surface area contributed by atoms with E-state index in [1.807, 2.05) is 44.2 Å². The first-order chi connectivity index (χ1) is 15.4. The molecule has 2 aliphatic heterocycles. The summed E-state index contributed by atoms with van der Waals surface area (Å²) in [5.41, 5.74) is 2.25. The van der Waals surface area contributed by atoms with Crippen LogP contribution in [0.5, 0.6) is 5.75 Å². The van der Waals surface area contributed by atoms with Gasteiger partial charge in [0.15, 0.2) is 0 Å². The van der Waals surface area contributed by atoms with Crippen LogP contribution in [0, 0.1) is 6.92 Å². The van der Waals surface area contributed by atoms with Crippen molar-refractivity contribution in [2.24, 2.45) is 0 Å². The number of hydrogen-bond acceptors (Lipinski definition) is 5. The SMILES string of the molecule is CCOc1ccc(C2/C(=C(/O)c3ccc(Br)c(C)c3)C(=O)C(=O)N2CC2CCCO2)cc1. The normalized spacial score (nSPS) is 22.5. The molecule has 2 atom stereocenters. The maximum absolute atomic E-state index is 13.1. The molecule has 0 saturated carbocycles. The van der Waals surface area contributed by atoms with Crippen LogP contribution in [0.2, 0.25) is 0 Å². The molecule has 2 unspecified atom stereocenters. The quantitative estimate of drug-likeness (QED) is 0.352. The number of aliphatic hydroxyl groups is 1. The van der Waals surface area contributed by atoms with Gasteiger partial charge in [0.1, 0.15) is 11.5 Å². The highest BCUT2D eigenvalue weighted by molar-refractivity contribution is 9.10. The first-order valence-corrected chi connectivity index (χ1v) is 11.6. The number of likely N-dealkylation sites (tertiary alicyclic amines) is 1. The molecule has 1 amide bonds. The largest absolute Gasteiger partial charge is 0.507 e. The molecule has 2 saturated heterocycles. The number of hydrogen-bond donors (Lipinski definition) is 1. The summed E-state index contributed by atoms with van der Waals surface area (Å²) in [6.07, 6.45) is 1.65. The summed E-state index contributed by atoms with van der Waals surface area (Å²) in [5.74, 6) is -0.766. The number of ketones is 1. The number of benzene rings is 2. The second kappa shape index (κ2) is 9.46. The van der Waals surface area contributed by atoms with Crippen molar-refractivity contribution in [2.75, 3.05) is 19.8 Å². The minimum atomic E-state index is -0.696. The van der Waals surface area contributed by atoms with Crippen molar-refractivity contribution in [1.29, 1.82) is 0 Å². The number of rotatable bonds is 6.